The smallest absolute Gasteiger partial charge is 0.316 e. The van der Waals surface area contributed by atoms with Crippen molar-refractivity contribution in [2.75, 3.05) is 13.1 Å². The third-order valence-corrected chi connectivity index (χ3v) is 3.67. The van der Waals surface area contributed by atoms with E-state index in [9.17, 15) is 26.3 Å². The molecule has 0 radical (unpaired) electrons. The quantitative estimate of drug-likeness (QED) is 0.558. The Morgan fingerprint density at radius 2 is 1.12 bits per heavy atom. The first-order valence-corrected chi connectivity index (χ1v) is 7.69. The van der Waals surface area contributed by atoms with E-state index in [0.717, 1.165) is 24.1 Å². The third-order valence-electron chi connectivity index (χ3n) is 3.67. The maximum absolute atomic E-state index is 12.8. The zero-order valence-electron chi connectivity index (χ0n) is 13.2. The molecule has 0 aliphatic rings. The molecule has 2 rings (SSSR count). The second-order valence-electron chi connectivity index (χ2n) is 5.65. The molecular weight excluding hydrogens is 344 g/mol. The first-order valence-electron chi connectivity index (χ1n) is 7.69. The third kappa shape index (κ3) is 6.08. The van der Waals surface area contributed by atoms with Crippen LogP contribution in [0.5, 0.6) is 0 Å². The lowest BCUT2D eigenvalue weighted by Crippen LogP contribution is -2.20. The number of benzene rings is 2. The zero-order valence-corrected chi connectivity index (χ0v) is 13.2. The average Bonchev–Trinajstić information content (AvgIpc) is 2.53. The van der Waals surface area contributed by atoms with Crippen LogP contribution < -0.4 is 5.32 Å². The summed E-state index contributed by atoms with van der Waals surface area (Å²) in [5.74, 6) is 0. The molecule has 1 nitrogen and oxygen atoms in total. The van der Waals surface area contributed by atoms with Crippen LogP contribution in [0.15, 0.2) is 48.5 Å². The van der Waals surface area contributed by atoms with Gasteiger partial charge in [0.1, 0.15) is 0 Å². The molecule has 0 saturated carbocycles. The lowest BCUT2D eigenvalue weighted by molar-refractivity contribution is -0.143. The van der Waals surface area contributed by atoms with Crippen molar-refractivity contribution in [1.29, 1.82) is 0 Å². The maximum atomic E-state index is 12.8. The van der Waals surface area contributed by atoms with Gasteiger partial charge in [0, 0.05) is 0 Å². The van der Waals surface area contributed by atoms with Gasteiger partial charge in [-0.1, -0.05) is 30.3 Å². The Morgan fingerprint density at radius 1 is 0.640 bits per heavy atom. The average molecular weight is 361 g/mol. The Labute approximate surface area is 141 Å². The molecule has 136 valence electrons. The predicted octanol–water partition coefficient (Wildman–Crippen LogP) is 5.10. The predicted molar refractivity (Wildman–Crippen MR) is 83.2 cm³/mol. The van der Waals surface area contributed by atoms with Gasteiger partial charge < -0.3 is 5.32 Å². The fraction of sp³-hybridized carbons (Fsp3) is 0.333. The SMILES string of the molecule is FC(F)(F)c1cc(CCNCCc2ccccc2)cc(C(F)(F)F)c1. The molecule has 0 spiro atoms. The van der Waals surface area contributed by atoms with Gasteiger partial charge in [-0.2, -0.15) is 26.3 Å². The van der Waals surface area contributed by atoms with E-state index in [2.05, 4.69) is 5.32 Å². The van der Waals surface area contributed by atoms with E-state index < -0.39 is 23.5 Å². The van der Waals surface area contributed by atoms with Crippen molar-refractivity contribution >= 4 is 0 Å². The van der Waals surface area contributed by atoms with E-state index in [1.54, 1.807) is 0 Å². The molecule has 0 amide bonds. The molecule has 0 fully saturated rings. The van der Waals surface area contributed by atoms with Crippen molar-refractivity contribution in [3.63, 3.8) is 0 Å². The van der Waals surface area contributed by atoms with Gasteiger partial charge in [0.2, 0.25) is 0 Å². The molecule has 0 aliphatic heterocycles. The van der Waals surface area contributed by atoms with Gasteiger partial charge >= 0.3 is 12.4 Å². The zero-order chi connectivity index (χ0) is 18.5. The number of alkyl halides is 6. The first-order chi connectivity index (χ1) is 11.7. The van der Waals surface area contributed by atoms with Crippen LogP contribution >= 0.6 is 0 Å². The Bertz CT molecular complexity index is 644. The molecule has 0 aliphatic carbocycles. The van der Waals surface area contributed by atoms with Crippen LogP contribution in [0.1, 0.15) is 22.3 Å². The molecule has 0 unspecified atom stereocenters. The summed E-state index contributed by atoms with van der Waals surface area (Å²) in [6.45, 7) is 0.889. The topological polar surface area (TPSA) is 12.0 Å². The standard InChI is InChI=1S/C18H17F6N/c19-17(20,21)15-10-14(11-16(12-15)18(22,23)24)7-9-25-8-6-13-4-2-1-3-5-13/h1-5,10-12,25H,6-9H2. The fourth-order valence-corrected chi connectivity index (χ4v) is 2.40. The highest BCUT2D eigenvalue weighted by molar-refractivity contribution is 5.33. The van der Waals surface area contributed by atoms with E-state index >= 15 is 0 Å². The summed E-state index contributed by atoms with van der Waals surface area (Å²) >= 11 is 0. The van der Waals surface area contributed by atoms with Crippen LogP contribution in [-0.4, -0.2) is 13.1 Å². The summed E-state index contributed by atoms with van der Waals surface area (Å²) in [6.07, 6.45) is -8.80. The Balaban J connectivity index is 1.96. The number of hydrogen-bond acceptors (Lipinski definition) is 1. The molecule has 0 saturated heterocycles. The summed E-state index contributed by atoms with van der Waals surface area (Å²) in [5, 5.41) is 3.04. The van der Waals surface area contributed by atoms with E-state index in [1.807, 2.05) is 30.3 Å². The minimum atomic E-state index is -4.81. The summed E-state index contributed by atoms with van der Waals surface area (Å²) in [6, 6.07) is 11.3. The van der Waals surface area contributed by atoms with Gasteiger partial charge in [0.05, 0.1) is 11.1 Å². The minimum Gasteiger partial charge on any atom is -0.316 e. The Morgan fingerprint density at radius 3 is 1.60 bits per heavy atom. The van der Waals surface area contributed by atoms with Crippen molar-refractivity contribution < 1.29 is 26.3 Å². The summed E-state index contributed by atoms with van der Waals surface area (Å²) < 4.78 is 76.7. The number of nitrogens with one attached hydrogen (secondary N) is 1. The minimum absolute atomic E-state index is 0.00867. The molecular formula is C18H17F6N. The number of rotatable bonds is 6. The van der Waals surface area contributed by atoms with Crippen molar-refractivity contribution in [3.05, 3.63) is 70.8 Å². The first kappa shape index (κ1) is 19.3. The molecule has 1 N–H and O–H groups in total. The van der Waals surface area contributed by atoms with Crippen LogP contribution in [-0.2, 0) is 25.2 Å². The highest BCUT2D eigenvalue weighted by Crippen LogP contribution is 2.36. The normalized spacial score (nSPS) is 12.4. The number of halogens is 6. The lowest BCUT2D eigenvalue weighted by Gasteiger charge is -2.14. The second-order valence-corrected chi connectivity index (χ2v) is 5.65. The monoisotopic (exact) mass is 361 g/mol. The molecule has 7 heteroatoms. The Kier molecular flexibility index (Phi) is 6.11. The van der Waals surface area contributed by atoms with Gasteiger partial charge in [-0.25, -0.2) is 0 Å². The van der Waals surface area contributed by atoms with E-state index in [1.165, 1.54) is 0 Å². The van der Waals surface area contributed by atoms with Crippen molar-refractivity contribution in [1.82, 2.24) is 5.32 Å². The van der Waals surface area contributed by atoms with Crippen LogP contribution in [0, 0.1) is 0 Å². The maximum Gasteiger partial charge on any atom is 0.416 e. The van der Waals surface area contributed by atoms with E-state index in [4.69, 9.17) is 0 Å². The summed E-state index contributed by atoms with van der Waals surface area (Å²) in [5.41, 5.74) is -1.44. The van der Waals surface area contributed by atoms with Crippen LogP contribution in [0.4, 0.5) is 26.3 Å². The molecule has 2 aromatic carbocycles. The second kappa shape index (κ2) is 7.91. The lowest BCUT2D eigenvalue weighted by atomic mass is 10.0. The van der Waals surface area contributed by atoms with Crippen LogP contribution in [0.3, 0.4) is 0 Å². The molecule has 0 atom stereocenters. The molecule has 0 heterocycles. The van der Waals surface area contributed by atoms with Crippen molar-refractivity contribution in [2.45, 2.75) is 25.2 Å². The van der Waals surface area contributed by atoms with Gasteiger partial charge in [0.25, 0.3) is 0 Å². The molecule has 2 aromatic rings. The fourth-order valence-electron chi connectivity index (χ4n) is 2.40. The highest BCUT2D eigenvalue weighted by atomic mass is 19.4. The van der Waals surface area contributed by atoms with Crippen molar-refractivity contribution in [2.24, 2.45) is 0 Å². The van der Waals surface area contributed by atoms with E-state index in [-0.39, 0.29) is 18.1 Å². The number of hydrogen-bond donors (Lipinski definition) is 1. The summed E-state index contributed by atoms with van der Waals surface area (Å²) in [7, 11) is 0. The largest absolute Gasteiger partial charge is 0.416 e. The van der Waals surface area contributed by atoms with Crippen LogP contribution in [0.2, 0.25) is 0 Å². The summed E-state index contributed by atoms with van der Waals surface area (Å²) in [4.78, 5) is 0. The van der Waals surface area contributed by atoms with Gasteiger partial charge in [-0.15, -0.1) is 0 Å². The van der Waals surface area contributed by atoms with Crippen molar-refractivity contribution in [3.8, 4) is 0 Å². The molecule has 0 bridgehead atoms. The van der Waals surface area contributed by atoms with Gasteiger partial charge in [0.15, 0.2) is 0 Å². The van der Waals surface area contributed by atoms with E-state index in [0.29, 0.717) is 13.1 Å². The molecule has 25 heavy (non-hydrogen) atoms. The molecule has 0 aromatic heterocycles. The van der Waals surface area contributed by atoms with Gasteiger partial charge in [-0.3, -0.25) is 0 Å². The van der Waals surface area contributed by atoms with Gasteiger partial charge in [-0.05, 0) is 55.3 Å². The highest BCUT2D eigenvalue weighted by Gasteiger charge is 2.36. The Hall–Kier alpha value is -2.02. The van der Waals surface area contributed by atoms with Crippen LogP contribution in [0.25, 0.3) is 0 Å².